The van der Waals surface area contributed by atoms with Gasteiger partial charge in [-0.25, -0.2) is 4.98 Å². The quantitative estimate of drug-likeness (QED) is 0.308. The lowest BCUT2D eigenvalue weighted by Crippen LogP contribution is -2.24. The van der Waals surface area contributed by atoms with E-state index >= 15 is 0 Å². The van der Waals surface area contributed by atoms with E-state index in [-0.39, 0.29) is 11.5 Å². The number of carbonyl (C=O) groups is 1. The van der Waals surface area contributed by atoms with E-state index in [1.165, 1.54) is 23.4 Å². The summed E-state index contributed by atoms with van der Waals surface area (Å²) in [5.74, 6) is 0.295. The first-order valence-corrected chi connectivity index (χ1v) is 9.84. The standard InChI is InChI=1S/C21H19N3O4S/c1-12(20(26)28-3)29-21-23-17-15-6-4-5-7-16(15)22-18(17)19(25)24(21)13-8-10-14(27-2)11-9-13/h4-12,22H,1-3H3/t12-/m0/s1. The predicted molar refractivity (Wildman–Crippen MR) is 113 cm³/mol. The minimum Gasteiger partial charge on any atom is -0.497 e. The summed E-state index contributed by atoms with van der Waals surface area (Å²) in [7, 11) is 2.92. The smallest absolute Gasteiger partial charge is 0.318 e. The molecular formula is C21H19N3O4S. The number of H-pyrrole nitrogens is 1. The van der Waals surface area contributed by atoms with Crippen molar-refractivity contribution in [2.45, 2.75) is 17.3 Å². The molecule has 0 unspecified atom stereocenters. The number of hydrogen-bond acceptors (Lipinski definition) is 6. The van der Waals surface area contributed by atoms with Crippen molar-refractivity contribution in [3.8, 4) is 11.4 Å². The Morgan fingerprint density at radius 3 is 2.55 bits per heavy atom. The van der Waals surface area contributed by atoms with Gasteiger partial charge in [-0.3, -0.25) is 14.2 Å². The first kappa shape index (κ1) is 19.1. The monoisotopic (exact) mass is 409 g/mol. The van der Waals surface area contributed by atoms with Crippen molar-refractivity contribution in [1.29, 1.82) is 0 Å². The third-order valence-electron chi connectivity index (χ3n) is 4.64. The zero-order valence-corrected chi connectivity index (χ0v) is 16.9. The van der Waals surface area contributed by atoms with Crippen LogP contribution in [0.4, 0.5) is 0 Å². The molecule has 7 nitrogen and oxygen atoms in total. The van der Waals surface area contributed by atoms with Gasteiger partial charge in [0.15, 0.2) is 5.16 Å². The van der Waals surface area contributed by atoms with Gasteiger partial charge in [0.2, 0.25) is 0 Å². The first-order chi connectivity index (χ1) is 14.0. The number of fused-ring (bicyclic) bond motifs is 3. The van der Waals surface area contributed by atoms with E-state index in [0.717, 1.165) is 10.9 Å². The molecule has 148 valence electrons. The maximum absolute atomic E-state index is 13.4. The van der Waals surface area contributed by atoms with Crippen molar-refractivity contribution in [2.75, 3.05) is 14.2 Å². The number of carbonyl (C=O) groups excluding carboxylic acids is 1. The van der Waals surface area contributed by atoms with Crippen LogP contribution >= 0.6 is 11.8 Å². The van der Waals surface area contributed by atoms with Gasteiger partial charge in [0.25, 0.3) is 5.56 Å². The second kappa shape index (κ2) is 7.63. The molecule has 0 saturated heterocycles. The van der Waals surface area contributed by atoms with E-state index in [9.17, 15) is 9.59 Å². The fraction of sp³-hybridized carbons (Fsp3) is 0.190. The molecule has 0 aliphatic rings. The number of methoxy groups -OCH3 is 2. The molecule has 2 aromatic heterocycles. The Kier molecular flexibility index (Phi) is 5.02. The van der Waals surface area contributed by atoms with Gasteiger partial charge in [0.05, 0.1) is 19.9 Å². The van der Waals surface area contributed by atoms with Crippen LogP contribution in [0.3, 0.4) is 0 Å². The van der Waals surface area contributed by atoms with Crippen molar-refractivity contribution in [2.24, 2.45) is 0 Å². The Morgan fingerprint density at radius 1 is 1.14 bits per heavy atom. The van der Waals surface area contributed by atoms with Crippen molar-refractivity contribution in [1.82, 2.24) is 14.5 Å². The number of hydrogen-bond donors (Lipinski definition) is 1. The number of thioether (sulfide) groups is 1. The summed E-state index contributed by atoms with van der Waals surface area (Å²) in [4.78, 5) is 33.3. The van der Waals surface area contributed by atoms with E-state index in [4.69, 9.17) is 14.5 Å². The molecule has 0 aliphatic carbocycles. The van der Waals surface area contributed by atoms with Gasteiger partial charge in [0.1, 0.15) is 22.0 Å². The molecule has 0 aliphatic heterocycles. The number of para-hydroxylation sites is 1. The number of benzene rings is 2. The molecule has 8 heteroatoms. The molecule has 1 atom stereocenters. The van der Waals surface area contributed by atoms with Crippen molar-refractivity contribution >= 4 is 39.7 Å². The molecular weight excluding hydrogens is 390 g/mol. The molecule has 0 saturated carbocycles. The van der Waals surface area contributed by atoms with Crippen molar-refractivity contribution in [3.63, 3.8) is 0 Å². The number of aromatic nitrogens is 3. The Balaban J connectivity index is 1.98. The van der Waals surface area contributed by atoms with Gasteiger partial charge in [-0.2, -0.15) is 0 Å². The van der Waals surface area contributed by atoms with Gasteiger partial charge in [0, 0.05) is 10.9 Å². The number of aromatic amines is 1. The summed E-state index contributed by atoms with van der Waals surface area (Å²) in [5, 5.41) is 0.739. The second-order valence-corrected chi connectivity index (χ2v) is 7.72. The fourth-order valence-electron chi connectivity index (χ4n) is 3.15. The number of nitrogens with one attached hydrogen (secondary N) is 1. The normalized spacial score (nSPS) is 12.2. The molecule has 0 fully saturated rings. The van der Waals surface area contributed by atoms with E-state index in [0.29, 0.717) is 27.6 Å². The molecule has 29 heavy (non-hydrogen) atoms. The molecule has 0 radical (unpaired) electrons. The summed E-state index contributed by atoms with van der Waals surface area (Å²) < 4.78 is 11.5. The summed E-state index contributed by atoms with van der Waals surface area (Å²) >= 11 is 1.18. The summed E-state index contributed by atoms with van der Waals surface area (Å²) in [6, 6.07) is 14.7. The van der Waals surface area contributed by atoms with Crippen LogP contribution in [0.15, 0.2) is 58.5 Å². The average Bonchev–Trinajstić information content (AvgIpc) is 3.12. The zero-order valence-electron chi connectivity index (χ0n) is 16.1. The fourth-order valence-corrected chi connectivity index (χ4v) is 4.10. The van der Waals surface area contributed by atoms with E-state index in [1.807, 2.05) is 24.3 Å². The van der Waals surface area contributed by atoms with Crippen LogP contribution in [-0.2, 0) is 9.53 Å². The highest BCUT2D eigenvalue weighted by molar-refractivity contribution is 8.00. The largest absolute Gasteiger partial charge is 0.497 e. The van der Waals surface area contributed by atoms with Crippen LogP contribution in [0.5, 0.6) is 5.75 Å². The van der Waals surface area contributed by atoms with Gasteiger partial charge in [-0.1, -0.05) is 30.0 Å². The van der Waals surface area contributed by atoms with Crippen LogP contribution in [-0.4, -0.2) is 40.0 Å². The molecule has 0 spiro atoms. The molecule has 0 bridgehead atoms. The van der Waals surface area contributed by atoms with Crippen molar-refractivity contribution < 1.29 is 14.3 Å². The van der Waals surface area contributed by atoms with E-state index < -0.39 is 5.25 Å². The SMILES string of the molecule is COC(=O)[C@H](C)Sc1nc2c([nH]c3ccccc32)c(=O)n1-c1ccc(OC)cc1. The molecule has 4 aromatic rings. The number of nitrogens with zero attached hydrogens (tertiary/aromatic N) is 2. The van der Waals surface area contributed by atoms with Crippen LogP contribution in [0.25, 0.3) is 27.6 Å². The minimum atomic E-state index is -0.529. The Hall–Kier alpha value is -3.26. The van der Waals surface area contributed by atoms with E-state index in [2.05, 4.69) is 4.98 Å². The Bertz CT molecular complexity index is 1260. The van der Waals surface area contributed by atoms with Gasteiger partial charge in [-0.15, -0.1) is 0 Å². The maximum atomic E-state index is 13.4. The number of rotatable bonds is 5. The third-order valence-corrected chi connectivity index (χ3v) is 5.67. The molecule has 0 amide bonds. The van der Waals surface area contributed by atoms with E-state index in [1.54, 1.807) is 38.3 Å². The predicted octanol–water partition coefficient (Wildman–Crippen LogP) is 3.53. The van der Waals surface area contributed by atoms with Crippen molar-refractivity contribution in [3.05, 3.63) is 58.9 Å². The summed E-state index contributed by atoms with van der Waals surface area (Å²) in [6.07, 6.45) is 0. The van der Waals surface area contributed by atoms with Gasteiger partial charge < -0.3 is 14.5 Å². The molecule has 4 rings (SSSR count). The average molecular weight is 409 g/mol. The lowest BCUT2D eigenvalue weighted by Gasteiger charge is -2.15. The Labute approximate surface area is 170 Å². The lowest BCUT2D eigenvalue weighted by atomic mass is 10.2. The topological polar surface area (TPSA) is 86.2 Å². The van der Waals surface area contributed by atoms with Crippen LogP contribution in [0.1, 0.15) is 6.92 Å². The maximum Gasteiger partial charge on any atom is 0.318 e. The molecule has 2 aromatic carbocycles. The Morgan fingerprint density at radius 2 is 1.86 bits per heavy atom. The minimum absolute atomic E-state index is 0.240. The van der Waals surface area contributed by atoms with Crippen LogP contribution in [0, 0.1) is 0 Å². The highest BCUT2D eigenvalue weighted by Crippen LogP contribution is 2.29. The number of ether oxygens (including phenoxy) is 2. The molecule has 1 N–H and O–H groups in total. The van der Waals surface area contributed by atoms with Gasteiger partial charge in [-0.05, 0) is 37.3 Å². The number of esters is 1. The second-order valence-electron chi connectivity index (χ2n) is 6.41. The third kappa shape index (κ3) is 3.36. The zero-order chi connectivity index (χ0) is 20.5. The summed E-state index contributed by atoms with van der Waals surface area (Å²) in [6.45, 7) is 1.72. The lowest BCUT2D eigenvalue weighted by molar-refractivity contribution is -0.139. The highest BCUT2D eigenvalue weighted by Gasteiger charge is 2.22. The van der Waals surface area contributed by atoms with Crippen LogP contribution < -0.4 is 10.3 Å². The summed E-state index contributed by atoms with van der Waals surface area (Å²) in [5.41, 5.74) is 2.21. The first-order valence-electron chi connectivity index (χ1n) is 8.96. The molecule has 2 heterocycles. The highest BCUT2D eigenvalue weighted by atomic mass is 32.2. The van der Waals surface area contributed by atoms with Gasteiger partial charge >= 0.3 is 5.97 Å². The van der Waals surface area contributed by atoms with Crippen LogP contribution in [0.2, 0.25) is 0 Å².